The van der Waals surface area contributed by atoms with Crippen molar-refractivity contribution < 1.29 is 19.3 Å². The minimum absolute atomic E-state index is 0.0395. The Morgan fingerprint density at radius 1 is 1.24 bits per heavy atom. The SMILES string of the molecule is CC(C)(C)OC[C@H]1CC(O)[C@@H]2OC(C)(C)O[C@H]12. The Morgan fingerprint density at radius 3 is 2.41 bits per heavy atom. The molecular formula is C13H24O4. The molecule has 0 aromatic carbocycles. The van der Waals surface area contributed by atoms with Gasteiger partial charge in [-0.2, -0.15) is 0 Å². The predicted molar refractivity (Wildman–Crippen MR) is 63.6 cm³/mol. The zero-order valence-corrected chi connectivity index (χ0v) is 11.4. The molecule has 0 aromatic heterocycles. The molecule has 2 rings (SSSR count). The van der Waals surface area contributed by atoms with Crippen LogP contribution in [0.2, 0.25) is 0 Å². The molecule has 1 heterocycles. The topological polar surface area (TPSA) is 47.9 Å². The van der Waals surface area contributed by atoms with Crippen molar-refractivity contribution in [1.82, 2.24) is 0 Å². The van der Waals surface area contributed by atoms with Gasteiger partial charge in [0.25, 0.3) is 0 Å². The number of fused-ring (bicyclic) bond motifs is 1. The lowest BCUT2D eigenvalue weighted by atomic mass is 10.1. The van der Waals surface area contributed by atoms with Crippen LogP contribution in [0.3, 0.4) is 0 Å². The lowest BCUT2D eigenvalue weighted by molar-refractivity contribution is -0.170. The second-order valence-corrected chi connectivity index (χ2v) is 6.55. The van der Waals surface area contributed by atoms with Crippen LogP contribution in [-0.2, 0) is 14.2 Å². The number of hydrogen-bond acceptors (Lipinski definition) is 4. The Balaban J connectivity index is 1.97. The van der Waals surface area contributed by atoms with Gasteiger partial charge in [-0.3, -0.25) is 0 Å². The second kappa shape index (κ2) is 4.19. The fourth-order valence-corrected chi connectivity index (χ4v) is 2.58. The molecule has 1 aliphatic heterocycles. The lowest BCUT2D eigenvalue weighted by Crippen LogP contribution is -2.31. The maximum absolute atomic E-state index is 9.97. The van der Waals surface area contributed by atoms with Gasteiger partial charge in [-0.05, 0) is 41.0 Å². The van der Waals surface area contributed by atoms with E-state index in [9.17, 15) is 5.11 Å². The maximum Gasteiger partial charge on any atom is 0.163 e. The van der Waals surface area contributed by atoms with E-state index in [1.54, 1.807) is 0 Å². The number of hydrogen-bond donors (Lipinski definition) is 1. The fourth-order valence-electron chi connectivity index (χ4n) is 2.58. The molecule has 2 aliphatic rings. The molecule has 0 spiro atoms. The lowest BCUT2D eigenvalue weighted by Gasteiger charge is -2.26. The Morgan fingerprint density at radius 2 is 1.82 bits per heavy atom. The van der Waals surface area contributed by atoms with Gasteiger partial charge in [0.05, 0.1) is 24.4 Å². The monoisotopic (exact) mass is 244 g/mol. The van der Waals surface area contributed by atoms with Crippen LogP contribution in [0.4, 0.5) is 0 Å². The van der Waals surface area contributed by atoms with Gasteiger partial charge in [0.1, 0.15) is 6.10 Å². The minimum atomic E-state index is -0.587. The van der Waals surface area contributed by atoms with Gasteiger partial charge < -0.3 is 19.3 Å². The van der Waals surface area contributed by atoms with E-state index in [-0.39, 0.29) is 23.7 Å². The summed E-state index contributed by atoms with van der Waals surface area (Å²) in [5.74, 6) is -0.368. The van der Waals surface area contributed by atoms with E-state index in [0.717, 1.165) is 0 Å². The summed E-state index contributed by atoms with van der Waals surface area (Å²) in [4.78, 5) is 0. The molecule has 1 aliphatic carbocycles. The molecule has 0 radical (unpaired) electrons. The molecule has 100 valence electrons. The number of rotatable bonds is 2. The van der Waals surface area contributed by atoms with Crippen molar-refractivity contribution >= 4 is 0 Å². The molecule has 0 amide bonds. The van der Waals surface area contributed by atoms with Gasteiger partial charge >= 0.3 is 0 Å². The predicted octanol–water partition coefficient (Wildman–Crippen LogP) is 1.70. The van der Waals surface area contributed by atoms with E-state index in [0.29, 0.717) is 13.0 Å². The highest BCUT2D eigenvalue weighted by molar-refractivity contribution is 4.98. The highest BCUT2D eigenvalue weighted by Crippen LogP contribution is 2.41. The van der Waals surface area contributed by atoms with E-state index in [2.05, 4.69) is 0 Å². The zero-order chi connectivity index (χ0) is 12.8. The Labute approximate surface area is 103 Å². The molecule has 1 N–H and O–H groups in total. The number of aliphatic hydroxyl groups excluding tert-OH is 1. The van der Waals surface area contributed by atoms with Crippen LogP contribution in [0.25, 0.3) is 0 Å². The van der Waals surface area contributed by atoms with Gasteiger partial charge in [0, 0.05) is 5.92 Å². The van der Waals surface area contributed by atoms with Crippen LogP contribution in [0, 0.1) is 5.92 Å². The molecule has 0 bridgehead atoms. The molecule has 4 heteroatoms. The highest BCUT2D eigenvalue weighted by atomic mass is 16.8. The Kier molecular flexibility index (Phi) is 3.28. The van der Waals surface area contributed by atoms with E-state index in [4.69, 9.17) is 14.2 Å². The maximum atomic E-state index is 9.97. The van der Waals surface area contributed by atoms with Crippen molar-refractivity contribution in [2.24, 2.45) is 5.92 Å². The molecular weight excluding hydrogens is 220 g/mol. The zero-order valence-electron chi connectivity index (χ0n) is 11.4. The first-order valence-electron chi connectivity index (χ1n) is 6.36. The first kappa shape index (κ1) is 13.3. The van der Waals surface area contributed by atoms with E-state index >= 15 is 0 Å². The summed E-state index contributed by atoms with van der Waals surface area (Å²) < 4.78 is 17.4. The first-order chi connectivity index (χ1) is 7.68. The summed E-state index contributed by atoms with van der Waals surface area (Å²) in [6.45, 7) is 10.5. The third-order valence-electron chi connectivity index (χ3n) is 3.28. The minimum Gasteiger partial charge on any atom is -0.390 e. The molecule has 4 atom stereocenters. The highest BCUT2D eigenvalue weighted by Gasteiger charge is 2.53. The van der Waals surface area contributed by atoms with Gasteiger partial charge in [0.2, 0.25) is 0 Å². The molecule has 2 fully saturated rings. The molecule has 1 unspecified atom stereocenters. The van der Waals surface area contributed by atoms with Crippen LogP contribution in [0.1, 0.15) is 41.0 Å². The molecule has 1 saturated heterocycles. The van der Waals surface area contributed by atoms with Crippen LogP contribution >= 0.6 is 0 Å². The largest absolute Gasteiger partial charge is 0.390 e. The van der Waals surface area contributed by atoms with Crippen molar-refractivity contribution in [3.05, 3.63) is 0 Å². The fraction of sp³-hybridized carbons (Fsp3) is 1.00. The third-order valence-corrected chi connectivity index (χ3v) is 3.28. The van der Waals surface area contributed by atoms with Crippen molar-refractivity contribution in [1.29, 1.82) is 0 Å². The summed E-state index contributed by atoms with van der Waals surface area (Å²) in [6.07, 6.45) is 0.0258. The van der Waals surface area contributed by atoms with Gasteiger partial charge in [-0.25, -0.2) is 0 Å². The molecule has 4 nitrogen and oxygen atoms in total. The van der Waals surface area contributed by atoms with Crippen molar-refractivity contribution in [2.45, 2.75) is 70.7 Å². The summed E-state index contributed by atoms with van der Waals surface area (Å²) in [7, 11) is 0. The molecule has 17 heavy (non-hydrogen) atoms. The first-order valence-corrected chi connectivity index (χ1v) is 6.36. The van der Waals surface area contributed by atoms with Crippen molar-refractivity contribution in [3.8, 4) is 0 Å². The van der Waals surface area contributed by atoms with E-state index < -0.39 is 11.9 Å². The summed E-state index contributed by atoms with van der Waals surface area (Å²) >= 11 is 0. The third kappa shape index (κ3) is 2.99. The summed E-state index contributed by atoms with van der Waals surface area (Å²) in [5, 5.41) is 9.97. The van der Waals surface area contributed by atoms with Crippen molar-refractivity contribution in [2.75, 3.05) is 6.61 Å². The Bertz CT molecular complexity index is 282. The van der Waals surface area contributed by atoms with E-state index in [1.807, 2.05) is 34.6 Å². The number of aliphatic hydroxyl groups is 1. The Hall–Kier alpha value is -0.160. The standard InChI is InChI=1S/C13H24O4/c1-12(2,3)15-7-8-6-9(14)11-10(8)16-13(4,5)17-11/h8-11,14H,6-7H2,1-5H3/t8-,9?,10-,11+/m1/s1. The van der Waals surface area contributed by atoms with Crippen molar-refractivity contribution in [3.63, 3.8) is 0 Å². The van der Waals surface area contributed by atoms with Crippen LogP contribution in [-0.4, -0.2) is 41.4 Å². The molecule has 1 saturated carbocycles. The quantitative estimate of drug-likeness (QED) is 0.803. The van der Waals surface area contributed by atoms with Crippen LogP contribution in [0.5, 0.6) is 0 Å². The van der Waals surface area contributed by atoms with Crippen LogP contribution < -0.4 is 0 Å². The van der Waals surface area contributed by atoms with Gasteiger partial charge in [-0.1, -0.05) is 0 Å². The normalized spacial score (nSPS) is 40.6. The second-order valence-electron chi connectivity index (χ2n) is 6.55. The average Bonchev–Trinajstić information content (AvgIpc) is 2.58. The molecule has 0 aromatic rings. The van der Waals surface area contributed by atoms with Crippen LogP contribution in [0.15, 0.2) is 0 Å². The smallest absolute Gasteiger partial charge is 0.163 e. The average molecular weight is 244 g/mol. The summed E-state index contributed by atoms with van der Waals surface area (Å²) in [5.41, 5.74) is -0.155. The van der Waals surface area contributed by atoms with Gasteiger partial charge in [-0.15, -0.1) is 0 Å². The van der Waals surface area contributed by atoms with Gasteiger partial charge in [0.15, 0.2) is 5.79 Å². The van der Waals surface area contributed by atoms with E-state index in [1.165, 1.54) is 0 Å². The number of ether oxygens (including phenoxy) is 3. The summed E-state index contributed by atoms with van der Waals surface area (Å²) in [6, 6.07) is 0.